The molecule has 13 heavy (non-hydrogen) atoms. The van der Waals surface area contributed by atoms with Crippen LogP contribution in [0.5, 0.6) is 0 Å². The maximum absolute atomic E-state index is 11.2. The van der Waals surface area contributed by atoms with Crippen LogP contribution in [0, 0.1) is 0 Å². The van der Waals surface area contributed by atoms with Crippen LogP contribution in [0.3, 0.4) is 0 Å². The Kier molecular flexibility index (Phi) is 2.04. The van der Waals surface area contributed by atoms with Gasteiger partial charge in [-0.2, -0.15) is 0 Å². The molecule has 0 bridgehead atoms. The number of nitrogens with zero attached hydrogens (tertiary/aromatic N) is 1. The summed E-state index contributed by atoms with van der Waals surface area (Å²) in [5.74, 6) is 0.122. The van der Waals surface area contributed by atoms with Crippen molar-refractivity contribution in [2.45, 2.75) is 13.3 Å². The summed E-state index contributed by atoms with van der Waals surface area (Å²) >= 11 is 3.29. The zero-order chi connectivity index (χ0) is 9.42. The van der Waals surface area contributed by atoms with Crippen molar-refractivity contribution in [1.82, 2.24) is 4.98 Å². The smallest absolute Gasteiger partial charge is 0.160 e. The normalized spacial score (nSPS) is 13.8. The molecule has 66 valence electrons. The van der Waals surface area contributed by atoms with Crippen molar-refractivity contribution in [3.05, 3.63) is 34.1 Å². The number of carbonyl (C=O) groups is 1. The van der Waals surface area contributed by atoms with Crippen LogP contribution in [0.25, 0.3) is 5.57 Å². The number of carbonyl (C=O) groups excluding carboxylic acids is 1. The minimum Gasteiger partial charge on any atom is -0.295 e. The van der Waals surface area contributed by atoms with Crippen LogP contribution >= 0.6 is 15.9 Å². The molecule has 1 heterocycles. The number of halogens is 1. The van der Waals surface area contributed by atoms with Gasteiger partial charge in [-0.05, 0) is 46.5 Å². The van der Waals surface area contributed by atoms with Crippen LogP contribution in [0.4, 0.5) is 0 Å². The van der Waals surface area contributed by atoms with Crippen molar-refractivity contribution in [3.63, 3.8) is 0 Å². The molecule has 0 fully saturated rings. The van der Waals surface area contributed by atoms with E-state index in [1.165, 1.54) is 0 Å². The predicted molar refractivity (Wildman–Crippen MR) is 54.3 cm³/mol. The standard InChI is InChI=1S/C10H8BrNO/c1-6(13)8-3-2-7-5-12-10(11)4-9(7)8/h3-5H,2H2,1H3. The fourth-order valence-electron chi connectivity index (χ4n) is 1.53. The topological polar surface area (TPSA) is 30.0 Å². The SMILES string of the molecule is CC(=O)C1=CCc2cnc(Br)cc21. The molecule has 0 aromatic carbocycles. The number of pyridine rings is 1. The van der Waals surface area contributed by atoms with Gasteiger partial charge in [-0.25, -0.2) is 4.98 Å². The van der Waals surface area contributed by atoms with Crippen LogP contribution in [-0.2, 0) is 11.2 Å². The van der Waals surface area contributed by atoms with Gasteiger partial charge < -0.3 is 0 Å². The van der Waals surface area contributed by atoms with Crippen LogP contribution in [0.15, 0.2) is 22.9 Å². The lowest BCUT2D eigenvalue weighted by Gasteiger charge is -2.01. The van der Waals surface area contributed by atoms with Crippen molar-refractivity contribution in [1.29, 1.82) is 0 Å². The van der Waals surface area contributed by atoms with E-state index < -0.39 is 0 Å². The minimum absolute atomic E-state index is 0.122. The summed E-state index contributed by atoms with van der Waals surface area (Å²) in [7, 11) is 0. The summed E-state index contributed by atoms with van der Waals surface area (Å²) in [6, 6.07) is 1.90. The zero-order valence-electron chi connectivity index (χ0n) is 7.17. The summed E-state index contributed by atoms with van der Waals surface area (Å²) in [4.78, 5) is 15.3. The third-order valence-electron chi connectivity index (χ3n) is 2.15. The number of allylic oxidation sites excluding steroid dienone is 2. The second-order valence-corrected chi connectivity index (χ2v) is 3.85. The number of ketones is 1. The fraction of sp³-hybridized carbons (Fsp3) is 0.200. The molecule has 0 aliphatic heterocycles. The summed E-state index contributed by atoms with van der Waals surface area (Å²) in [5, 5.41) is 0. The Hall–Kier alpha value is -0.960. The van der Waals surface area contributed by atoms with Crippen molar-refractivity contribution >= 4 is 27.3 Å². The van der Waals surface area contributed by atoms with E-state index in [9.17, 15) is 4.79 Å². The second kappa shape index (κ2) is 3.07. The molecule has 2 nitrogen and oxygen atoms in total. The van der Waals surface area contributed by atoms with Crippen molar-refractivity contribution in [3.8, 4) is 0 Å². The quantitative estimate of drug-likeness (QED) is 0.703. The first-order valence-corrected chi connectivity index (χ1v) is 4.83. The van der Waals surface area contributed by atoms with Gasteiger partial charge in [-0.1, -0.05) is 6.08 Å². The van der Waals surface area contributed by atoms with Gasteiger partial charge in [0.1, 0.15) is 4.60 Å². The molecule has 2 rings (SSSR count). The van der Waals surface area contributed by atoms with E-state index in [-0.39, 0.29) is 5.78 Å². The monoisotopic (exact) mass is 237 g/mol. The molecule has 0 N–H and O–H groups in total. The van der Waals surface area contributed by atoms with Crippen LogP contribution in [-0.4, -0.2) is 10.8 Å². The van der Waals surface area contributed by atoms with Gasteiger partial charge in [0.25, 0.3) is 0 Å². The molecule has 1 aromatic rings. The highest BCUT2D eigenvalue weighted by atomic mass is 79.9. The Balaban J connectivity index is 2.54. The van der Waals surface area contributed by atoms with E-state index >= 15 is 0 Å². The molecule has 1 aliphatic carbocycles. The number of hydrogen-bond donors (Lipinski definition) is 0. The Labute approximate surface area is 84.8 Å². The Morgan fingerprint density at radius 1 is 1.62 bits per heavy atom. The highest BCUT2D eigenvalue weighted by molar-refractivity contribution is 9.10. The Morgan fingerprint density at radius 2 is 2.38 bits per heavy atom. The first kappa shape index (κ1) is 8.63. The molecular weight excluding hydrogens is 230 g/mol. The molecule has 0 radical (unpaired) electrons. The van der Waals surface area contributed by atoms with Gasteiger partial charge in [0.15, 0.2) is 5.78 Å². The van der Waals surface area contributed by atoms with Gasteiger partial charge in [-0.3, -0.25) is 4.79 Å². The second-order valence-electron chi connectivity index (χ2n) is 3.04. The first-order valence-electron chi connectivity index (χ1n) is 4.04. The molecule has 0 unspecified atom stereocenters. The van der Waals surface area contributed by atoms with E-state index in [1.54, 1.807) is 6.92 Å². The number of fused-ring (bicyclic) bond motifs is 1. The maximum atomic E-state index is 11.2. The van der Waals surface area contributed by atoms with E-state index in [1.807, 2.05) is 18.3 Å². The summed E-state index contributed by atoms with van der Waals surface area (Å²) in [6.45, 7) is 1.59. The van der Waals surface area contributed by atoms with Gasteiger partial charge >= 0.3 is 0 Å². The Morgan fingerprint density at radius 3 is 3.08 bits per heavy atom. The van der Waals surface area contributed by atoms with Crippen molar-refractivity contribution in [2.24, 2.45) is 0 Å². The molecule has 1 aromatic heterocycles. The predicted octanol–water partition coefficient (Wildman–Crippen LogP) is 2.37. The van der Waals surface area contributed by atoms with Gasteiger partial charge in [0, 0.05) is 11.8 Å². The van der Waals surface area contributed by atoms with Crippen LogP contribution in [0.2, 0.25) is 0 Å². The number of rotatable bonds is 1. The van der Waals surface area contributed by atoms with Crippen LogP contribution in [0.1, 0.15) is 18.1 Å². The minimum atomic E-state index is 0.122. The molecule has 1 aliphatic rings. The fourth-order valence-corrected chi connectivity index (χ4v) is 1.86. The number of Topliss-reactive ketones (excluding diaryl/α,β-unsaturated/α-hetero) is 1. The van der Waals surface area contributed by atoms with E-state index in [0.717, 1.165) is 27.7 Å². The molecule has 0 saturated heterocycles. The van der Waals surface area contributed by atoms with Gasteiger partial charge in [-0.15, -0.1) is 0 Å². The molecule has 3 heteroatoms. The third kappa shape index (κ3) is 1.44. The summed E-state index contributed by atoms with van der Waals surface area (Å²) in [5.41, 5.74) is 2.97. The van der Waals surface area contributed by atoms with E-state index in [2.05, 4.69) is 20.9 Å². The highest BCUT2D eigenvalue weighted by Crippen LogP contribution is 2.28. The number of aromatic nitrogens is 1. The summed E-state index contributed by atoms with van der Waals surface area (Å²) in [6.07, 6.45) is 4.59. The highest BCUT2D eigenvalue weighted by Gasteiger charge is 2.17. The van der Waals surface area contributed by atoms with Gasteiger partial charge in [0.2, 0.25) is 0 Å². The van der Waals surface area contributed by atoms with Crippen molar-refractivity contribution in [2.75, 3.05) is 0 Å². The molecule has 0 atom stereocenters. The zero-order valence-corrected chi connectivity index (χ0v) is 8.76. The lowest BCUT2D eigenvalue weighted by molar-refractivity contribution is -0.111. The largest absolute Gasteiger partial charge is 0.295 e. The van der Waals surface area contributed by atoms with Crippen molar-refractivity contribution < 1.29 is 4.79 Å². The lowest BCUT2D eigenvalue weighted by Crippen LogP contribution is -1.94. The third-order valence-corrected chi connectivity index (χ3v) is 2.58. The molecular formula is C10H8BrNO. The lowest BCUT2D eigenvalue weighted by atomic mass is 10.1. The summed E-state index contributed by atoms with van der Waals surface area (Å²) < 4.78 is 0.778. The average molecular weight is 238 g/mol. The average Bonchev–Trinajstić information content (AvgIpc) is 2.46. The first-order chi connectivity index (χ1) is 6.18. The van der Waals surface area contributed by atoms with E-state index in [0.29, 0.717) is 0 Å². The van der Waals surface area contributed by atoms with Crippen LogP contribution < -0.4 is 0 Å². The molecule has 0 saturated carbocycles. The van der Waals surface area contributed by atoms with Gasteiger partial charge in [0.05, 0.1) is 0 Å². The Bertz CT molecular complexity index is 409. The molecule has 0 spiro atoms. The number of hydrogen-bond acceptors (Lipinski definition) is 2. The molecule has 0 amide bonds. The maximum Gasteiger partial charge on any atom is 0.160 e. The van der Waals surface area contributed by atoms with E-state index in [4.69, 9.17) is 0 Å².